The molecule has 3 aromatic rings. The number of hydrogen-bond donors (Lipinski definition) is 4. The quantitative estimate of drug-likeness (QED) is 0.453. The number of rotatable bonds is 6. The second-order valence-electron chi connectivity index (χ2n) is 9.57. The van der Waals surface area contributed by atoms with Gasteiger partial charge < -0.3 is 16.0 Å². The molecule has 8 nitrogen and oxygen atoms in total. The van der Waals surface area contributed by atoms with Crippen molar-refractivity contribution in [3.63, 3.8) is 0 Å². The molecular weight excluding hydrogens is 428 g/mol. The van der Waals surface area contributed by atoms with E-state index in [1.165, 1.54) is 5.56 Å². The minimum Gasteiger partial charge on any atom is -0.351 e. The minimum atomic E-state index is -0.182. The predicted molar refractivity (Wildman–Crippen MR) is 133 cm³/mol. The van der Waals surface area contributed by atoms with E-state index in [4.69, 9.17) is 0 Å². The molecule has 1 aromatic heterocycles. The first kappa shape index (κ1) is 22.4. The molecule has 1 aliphatic carbocycles. The summed E-state index contributed by atoms with van der Waals surface area (Å²) < 4.78 is 0. The van der Waals surface area contributed by atoms with Gasteiger partial charge in [0.2, 0.25) is 5.91 Å². The van der Waals surface area contributed by atoms with Crippen molar-refractivity contribution in [2.24, 2.45) is 5.92 Å². The van der Waals surface area contributed by atoms with Crippen LogP contribution >= 0.6 is 0 Å². The molecular formula is C26H32N6O2. The van der Waals surface area contributed by atoms with Gasteiger partial charge in [-0.2, -0.15) is 5.10 Å². The number of anilines is 1. The highest BCUT2D eigenvalue weighted by Crippen LogP contribution is 2.26. The van der Waals surface area contributed by atoms with Gasteiger partial charge in [0.1, 0.15) is 0 Å². The standard InChI is InChI=1S/C26H32N6O2/c33-25-17-32(16-22(28-25)12-18-6-2-1-3-7-18)15-19-8-4-5-9-23(19)30-26(34)29-21-10-11-24-20(13-21)14-27-31-24/h1-3,6-7,10-11,13-14,19,22-23H,4-5,8-9,12,15-17H2,(H,27,31)(H,28,33)(H2,29,30,34)/t19-,22?,23+/m0/s1. The number of amides is 3. The number of carbonyl (C=O) groups is 2. The van der Waals surface area contributed by atoms with E-state index in [0.29, 0.717) is 12.5 Å². The molecule has 1 saturated carbocycles. The van der Waals surface area contributed by atoms with Crippen LogP contribution in [0.3, 0.4) is 0 Å². The third-order valence-corrected chi connectivity index (χ3v) is 6.95. The summed E-state index contributed by atoms with van der Waals surface area (Å²) in [6, 6.07) is 16.0. The summed E-state index contributed by atoms with van der Waals surface area (Å²) in [5.74, 6) is 0.416. The first-order valence-corrected chi connectivity index (χ1v) is 12.2. The van der Waals surface area contributed by atoms with E-state index in [2.05, 4.69) is 43.2 Å². The van der Waals surface area contributed by atoms with E-state index in [1.807, 2.05) is 36.4 Å². The second-order valence-corrected chi connectivity index (χ2v) is 9.57. The Balaban J connectivity index is 1.18. The Kier molecular flexibility index (Phi) is 6.76. The van der Waals surface area contributed by atoms with Crippen LogP contribution < -0.4 is 16.0 Å². The molecule has 1 unspecified atom stereocenters. The van der Waals surface area contributed by atoms with Crippen molar-refractivity contribution < 1.29 is 9.59 Å². The summed E-state index contributed by atoms with van der Waals surface area (Å²) in [5.41, 5.74) is 2.92. The number of nitrogens with one attached hydrogen (secondary N) is 4. The SMILES string of the molecule is O=C1CN(C[C@@H]2CCCC[C@H]2NC(=O)Nc2ccc3[nH]ncc3c2)CC(Cc2ccccc2)N1. The van der Waals surface area contributed by atoms with E-state index < -0.39 is 0 Å². The fourth-order valence-corrected chi connectivity index (χ4v) is 5.36. The Labute approximate surface area is 199 Å². The van der Waals surface area contributed by atoms with Gasteiger partial charge in [-0.15, -0.1) is 0 Å². The van der Waals surface area contributed by atoms with Crippen LogP contribution in [0.4, 0.5) is 10.5 Å². The highest BCUT2D eigenvalue weighted by atomic mass is 16.2. The Morgan fingerprint density at radius 1 is 1.12 bits per heavy atom. The third-order valence-electron chi connectivity index (χ3n) is 6.95. The zero-order valence-corrected chi connectivity index (χ0v) is 19.3. The van der Waals surface area contributed by atoms with Crippen molar-refractivity contribution in [2.45, 2.75) is 44.2 Å². The number of aromatic nitrogens is 2. The molecule has 0 spiro atoms. The Morgan fingerprint density at radius 3 is 2.85 bits per heavy atom. The number of urea groups is 1. The lowest BCUT2D eigenvalue weighted by molar-refractivity contribution is -0.125. The molecule has 5 rings (SSSR count). The summed E-state index contributed by atoms with van der Waals surface area (Å²) in [5, 5.41) is 17.2. The van der Waals surface area contributed by atoms with Crippen LogP contribution in [0.25, 0.3) is 10.9 Å². The summed E-state index contributed by atoms with van der Waals surface area (Å²) in [4.78, 5) is 27.5. The van der Waals surface area contributed by atoms with Crippen molar-refractivity contribution in [1.82, 2.24) is 25.7 Å². The zero-order valence-electron chi connectivity index (χ0n) is 19.3. The summed E-state index contributed by atoms with van der Waals surface area (Å²) in [7, 11) is 0. The van der Waals surface area contributed by atoms with Crippen LogP contribution in [0.1, 0.15) is 31.2 Å². The summed E-state index contributed by atoms with van der Waals surface area (Å²) >= 11 is 0. The van der Waals surface area contributed by atoms with E-state index in [-0.39, 0.29) is 24.0 Å². The van der Waals surface area contributed by atoms with Gasteiger partial charge in [0.15, 0.2) is 0 Å². The van der Waals surface area contributed by atoms with Crippen LogP contribution in [0, 0.1) is 5.92 Å². The van der Waals surface area contributed by atoms with Gasteiger partial charge in [0.25, 0.3) is 0 Å². The molecule has 0 radical (unpaired) electrons. The Hall–Kier alpha value is -3.39. The van der Waals surface area contributed by atoms with Gasteiger partial charge in [-0.1, -0.05) is 43.2 Å². The van der Waals surface area contributed by atoms with Gasteiger partial charge in [0, 0.05) is 36.2 Å². The zero-order chi connectivity index (χ0) is 23.3. The van der Waals surface area contributed by atoms with Crippen LogP contribution in [-0.4, -0.2) is 58.8 Å². The monoisotopic (exact) mass is 460 g/mol. The molecule has 4 N–H and O–H groups in total. The van der Waals surface area contributed by atoms with Gasteiger partial charge in [-0.05, 0) is 48.9 Å². The lowest BCUT2D eigenvalue weighted by Gasteiger charge is -2.39. The van der Waals surface area contributed by atoms with Crippen molar-refractivity contribution in [1.29, 1.82) is 0 Å². The molecule has 0 bridgehead atoms. The normalized spacial score (nSPS) is 23.4. The van der Waals surface area contributed by atoms with Crippen LogP contribution in [-0.2, 0) is 11.2 Å². The molecule has 3 amide bonds. The molecule has 34 heavy (non-hydrogen) atoms. The Morgan fingerprint density at radius 2 is 1.97 bits per heavy atom. The number of H-pyrrole nitrogens is 1. The first-order valence-electron chi connectivity index (χ1n) is 12.2. The number of carbonyl (C=O) groups excluding carboxylic acids is 2. The fourth-order valence-electron chi connectivity index (χ4n) is 5.36. The number of fused-ring (bicyclic) bond motifs is 1. The van der Waals surface area contributed by atoms with Crippen LogP contribution in [0.5, 0.6) is 0 Å². The average molecular weight is 461 g/mol. The van der Waals surface area contributed by atoms with Crippen LogP contribution in [0.15, 0.2) is 54.7 Å². The Bertz CT molecular complexity index is 1130. The van der Waals surface area contributed by atoms with Crippen molar-refractivity contribution in [3.05, 3.63) is 60.3 Å². The number of aromatic amines is 1. The predicted octanol–water partition coefficient (Wildman–Crippen LogP) is 3.29. The number of hydrogen-bond acceptors (Lipinski definition) is 4. The van der Waals surface area contributed by atoms with Gasteiger partial charge in [-0.25, -0.2) is 4.79 Å². The minimum absolute atomic E-state index is 0.0832. The number of nitrogens with zero attached hydrogens (tertiary/aromatic N) is 2. The van der Waals surface area contributed by atoms with E-state index in [0.717, 1.165) is 61.8 Å². The van der Waals surface area contributed by atoms with Crippen molar-refractivity contribution in [3.8, 4) is 0 Å². The van der Waals surface area contributed by atoms with Gasteiger partial charge in [0.05, 0.1) is 18.3 Å². The average Bonchev–Trinajstić information content (AvgIpc) is 3.29. The van der Waals surface area contributed by atoms with Crippen molar-refractivity contribution >= 4 is 28.5 Å². The third kappa shape index (κ3) is 5.56. The smallest absolute Gasteiger partial charge is 0.319 e. The first-order chi connectivity index (χ1) is 16.6. The lowest BCUT2D eigenvalue weighted by atomic mass is 9.84. The number of piperazine rings is 1. The molecule has 1 aliphatic heterocycles. The van der Waals surface area contributed by atoms with Gasteiger partial charge >= 0.3 is 6.03 Å². The maximum Gasteiger partial charge on any atom is 0.319 e. The fraction of sp³-hybridized carbons (Fsp3) is 0.423. The van der Waals surface area contributed by atoms with Crippen LogP contribution in [0.2, 0.25) is 0 Å². The molecule has 3 atom stereocenters. The highest BCUT2D eigenvalue weighted by molar-refractivity contribution is 5.92. The molecule has 178 valence electrons. The van der Waals surface area contributed by atoms with Gasteiger partial charge in [-0.3, -0.25) is 14.8 Å². The summed E-state index contributed by atoms with van der Waals surface area (Å²) in [6.45, 7) is 2.08. The molecule has 2 heterocycles. The molecule has 1 saturated heterocycles. The second kappa shape index (κ2) is 10.3. The maximum absolute atomic E-state index is 12.8. The van der Waals surface area contributed by atoms with E-state index >= 15 is 0 Å². The largest absolute Gasteiger partial charge is 0.351 e. The molecule has 8 heteroatoms. The maximum atomic E-state index is 12.8. The number of benzene rings is 2. The van der Waals surface area contributed by atoms with E-state index in [1.54, 1.807) is 6.20 Å². The summed E-state index contributed by atoms with van der Waals surface area (Å²) in [6.07, 6.45) is 6.88. The topological polar surface area (TPSA) is 102 Å². The molecule has 2 aliphatic rings. The molecule has 2 aromatic carbocycles. The molecule has 2 fully saturated rings. The lowest BCUT2D eigenvalue weighted by Crippen LogP contribution is -2.57. The van der Waals surface area contributed by atoms with Crippen molar-refractivity contribution in [2.75, 3.05) is 25.0 Å². The highest BCUT2D eigenvalue weighted by Gasteiger charge is 2.31. The van der Waals surface area contributed by atoms with E-state index in [9.17, 15) is 9.59 Å².